The lowest BCUT2D eigenvalue weighted by atomic mass is 10.0. The second-order valence-electron chi connectivity index (χ2n) is 6.47. The number of hydrogen-bond acceptors (Lipinski definition) is 6. The van der Waals surface area contributed by atoms with Crippen LogP contribution < -0.4 is 11.2 Å². The van der Waals surface area contributed by atoms with E-state index in [-0.39, 0.29) is 30.1 Å². The van der Waals surface area contributed by atoms with Gasteiger partial charge in [-0.15, -0.1) is 0 Å². The SMILES string of the molecule is O=C(c1ccccc1)N1O[C@H]2C[C@@H]1[C@@H]1ON=C(n3ccc(=O)[nH]c3=O)[C@@H]12. The van der Waals surface area contributed by atoms with Gasteiger partial charge < -0.3 is 4.84 Å². The zero-order chi connectivity index (χ0) is 17.8. The Bertz CT molecular complexity index is 1030. The van der Waals surface area contributed by atoms with Crippen molar-refractivity contribution in [2.45, 2.75) is 24.7 Å². The van der Waals surface area contributed by atoms with Crippen LogP contribution in [-0.2, 0) is 9.68 Å². The van der Waals surface area contributed by atoms with Crippen LogP contribution in [0.2, 0.25) is 0 Å². The van der Waals surface area contributed by atoms with Crippen molar-refractivity contribution in [2.24, 2.45) is 11.1 Å². The minimum absolute atomic E-state index is 0.227. The highest BCUT2D eigenvalue weighted by molar-refractivity contribution is 5.95. The standard InChI is InChI=1S/C17H14N4O5/c22-12-6-7-20(17(24)18-12)15-13-11-8-10(14(13)25-19-15)21(26-11)16(23)9-4-2-1-3-5-9/h1-7,10-11,13-14H,8H2,(H,18,22,24)/t10-,11+,13-,14+/m1/s1. The van der Waals surface area contributed by atoms with Gasteiger partial charge in [0.15, 0.2) is 11.9 Å². The fourth-order valence-corrected chi connectivity index (χ4v) is 3.86. The van der Waals surface area contributed by atoms with Crippen LogP contribution >= 0.6 is 0 Å². The van der Waals surface area contributed by atoms with E-state index in [9.17, 15) is 14.4 Å². The number of nitrogens with one attached hydrogen (secondary N) is 1. The Morgan fingerprint density at radius 2 is 2.00 bits per heavy atom. The molecule has 1 N–H and O–H groups in total. The number of oxime groups is 1. The lowest BCUT2D eigenvalue weighted by Gasteiger charge is -2.32. The first-order valence-corrected chi connectivity index (χ1v) is 8.25. The highest BCUT2D eigenvalue weighted by Gasteiger charge is 2.61. The van der Waals surface area contributed by atoms with Crippen LogP contribution in [0.5, 0.6) is 0 Å². The van der Waals surface area contributed by atoms with Gasteiger partial charge in [0.25, 0.3) is 11.5 Å². The number of H-pyrrole nitrogens is 1. The van der Waals surface area contributed by atoms with Gasteiger partial charge in [0.05, 0.1) is 5.92 Å². The van der Waals surface area contributed by atoms with Crippen LogP contribution in [0.4, 0.5) is 0 Å². The van der Waals surface area contributed by atoms with Gasteiger partial charge in [-0.05, 0) is 12.1 Å². The third kappa shape index (κ3) is 2.07. The topological polar surface area (TPSA) is 106 Å². The molecule has 2 bridgehead atoms. The summed E-state index contributed by atoms with van der Waals surface area (Å²) in [5.41, 5.74) is -0.528. The number of hydrogen-bond donors (Lipinski definition) is 1. The molecule has 2 aromatic rings. The maximum absolute atomic E-state index is 12.7. The number of aromatic amines is 1. The molecule has 4 atom stereocenters. The van der Waals surface area contributed by atoms with E-state index >= 15 is 0 Å². The van der Waals surface area contributed by atoms with Crippen LogP contribution in [-0.4, -0.2) is 44.6 Å². The second-order valence-corrected chi connectivity index (χ2v) is 6.47. The molecule has 132 valence electrons. The molecule has 5 rings (SSSR count). The summed E-state index contributed by atoms with van der Waals surface area (Å²) in [7, 11) is 0. The van der Waals surface area contributed by atoms with Crippen LogP contribution in [0.25, 0.3) is 0 Å². The summed E-state index contributed by atoms with van der Waals surface area (Å²) in [6.45, 7) is 0. The molecule has 1 amide bonds. The van der Waals surface area contributed by atoms with E-state index in [4.69, 9.17) is 9.68 Å². The van der Waals surface area contributed by atoms with Crippen LogP contribution in [0.3, 0.4) is 0 Å². The van der Waals surface area contributed by atoms with Gasteiger partial charge in [0.2, 0.25) is 0 Å². The van der Waals surface area contributed by atoms with Crippen LogP contribution in [0.15, 0.2) is 57.3 Å². The molecule has 2 fully saturated rings. The van der Waals surface area contributed by atoms with Crippen molar-refractivity contribution in [1.29, 1.82) is 0 Å². The van der Waals surface area contributed by atoms with Gasteiger partial charge in [-0.1, -0.05) is 23.4 Å². The van der Waals surface area contributed by atoms with E-state index in [1.807, 2.05) is 6.07 Å². The minimum Gasteiger partial charge on any atom is -0.388 e. The number of hydroxylamine groups is 2. The second kappa shape index (κ2) is 5.40. The van der Waals surface area contributed by atoms with E-state index in [2.05, 4.69) is 10.1 Å². The molecule has 1 saturated carbocycles. The summed E-state index contributed by atoms with van der Waals surface area (Å²) in [5, 5.41) is 5.38. The quantitative estimate of drug-likeness (QED) is 0.772. The zero-order valence-corrected chi connectivity index (χ0v) is 13.4. The van der Waals surface area contributed by atoms with Crippen LogP contribution in [0.1, 0.15) is 16.8 Å². The number of aromatic nitrogens is 2. The number of fused-ring (bicyclic) bond motifs is 5. The Balaban J connectivity index is 1.42. The molecule has 3 heterocycles. The Morgan fingerprint density at radius 3 is 2.77 bits per heavy atom. The van der Waals surface area contributed by atoms with Crippen molar-refractivity contribution in [1.82, 2.24) is 14.6 Å². The molecule has 2 aliphatic heterocycles. The average Bonchev–Trinajstić information content (AvgIpc) is 3.34. The Morgan fingerprint density at radius 1 is 1.19 bits per heavy atom. The Kier molecular flexibility index (Phi) is 3.13. The molecular weight excluding hydrogens is 340 g/mol. The zero-order valence-electron chi connectivity index (χ0n) is 13.4. The van der Waals surface area contributed by atoms with Gasteiger partial charge in [0.1, 0.15) is 12.1 Å². The fraction of sp³-hybridized carbons (Fsp3) is 0.294. The third-order valence-electron chi connectivity index (χ3n) is 5.02. The molecule has 26 heavy (non-hydrogen) atoms. The maximum atomic E-state index is 12.7. The summed E-state index contributed by atoms with van der Waals surface area (Å²) in [6, 6.07) is 9.85. The monoisotopic (exact) mass is 354 g/mol. The van der Waals surface area contributed by atoms with E-state index in [1.54, 1.807) is 24.3 Å². The molecule has 9 heteroatoms. The van der Waals surface area contributed by atoms with Gasteiger partial charge in [0, 0.05) is 24.2 Å². The molecule has 9 nitrogen and oxygen atoms in total. The van der Waals surface area contributed by atoms with Crippen molar-refractivity contribution in [3.8, 4) is 0 Å². The molecule has 1 aromatic carbocycles. The predicted molar refractivity (Wildman–Crippen MR) is 88.4 cm³/mol. The predicted octanol–water partition coefficient (Wildman–Crippen LogP) is -0.0583. The van der Waals surface area contributed by atoms with E-state index in [1.165, 1.54) is 21.9 Å². The minimum atomic E-state index is -0.583. The first-order chi connectivity index (χ1) is 12.6. The van der Waals surface area contributed by atoms with E-state index in [0.29, 0.717) is 17.8 Å². The first kappa shape index (κ1) is 15.1. The maximum Gasteiger partial charge on any atom is 0.333 e. The largest absolute Gasteiger partial charge is 0.388 e. The molecule has 0 radical (unpaired) electrons. The average molecular weight is 354 g/mol. The summed E-state index contributed by atoms with van der Waals surface area (Å²) in [4.78, 5) is 49.6. The molecule has 0 spiro atoms. The van der Waals surface area contributed by atoms with Gasteiger partial charge in [-0.3, -0.25) is 24.0 Å². The molecule has 3 aliphatic rings. The van der Waals surface area contributed by atoms with Crippen LogP contribution in [0, 0.1) is 5.92 Å². The van der Waals surface area contributed by atoms with Crippen molar-refractivity contribution < 1.29 is 14.5 Å². The molecule has 0 unspecified atom stereocenters. The summed E-state index contributed by atoms with van der Waals surface area (Å²) in [6.07, 6.45) is 1.27. The van der Waals surface area contributed by atoms with Gasteiger partial charge in [-0.2, -0.15) is 0 Å². The Labute approximate surface area is 146 Å². The number of carbonyl (C=O) groups excluding carboxylic acids is 1. The smallest absolute Gasteiger partial charge is 0.333 e. The van der Waals surface area contributed by atoms with Crippen molar-refractivity contribution >= 4 is 11.7 Å². The lowest BCUT2D eigenvalue weighted by molar-refractivity contribution is -0.190. The van der Waals surface area contributed by atoms with Crippen molar-refractivity contribution in [3.63, 3.8) is 0 Å². The molecular formula is C17H14N4O5. The van der Waals surface area contributed by atoms with Crippen molar-refractivity contribution in [3.05, 3.63) is 69.0 Å². The summed E-state index contributed by atoms with van der Waals surface area (Å²) < 4.78 is 1.25. The number of carbonyl (C=O) groups is 1. The number of benzene rings is 1. The lowest BCUT2D eigenvalue weighted by Crippen LogP contribution is -2.50. The molecule has 1 saturated heterocycles. The number of rotatable bonds is 1. The highest BCUT2D eigenvalue weighted by Crippen LogP contribution is 2.45. The summed E-state index contributed by atoms with van der Waals surface area (Å²) in [5.74, 6) is -0.117. The summed E-state index contributed by atoms with van der Waals surface area (Å²) >= 11 is 0. The number of nitrogens with zero attached hydrogens (tertiary/aromatic N) is 3. The van der Waals surface area contributed by atoms with Gasteiger partial charge in [-0.25, -0.2) is 9.86 Å². The fourth-order valence-electron chi connectivity index (χ4n) is 3.86. The highest BCUT2D eigenvalue weighted by atomic mass is 16.7. The number of amides is 1. The van der Waals surface area contributed by atoms with E-state index in [0.717, 1.165) is 0 Å². The normalized spacial score (nSPS) is 28.6. The molecule has 1 aromatic heterocycles. The third-order valence-corrected chi connectivity index (χ3v) is 5.02. The Hall–Kier alpha value is -3.20. The van der Waals surface area contributed by atoms with Gasteiger partial charge >= 0.3 is 5.69 Å². The van der Waals surface area contributed by atoms with Crippen molar-refractivity contribution in [2.75, 3.05) is 0 Å². The first-order valence-electron chi connectivity index (χ1n) is 8.25. The van der Waals surface area contributed by atoms with E-state index < -0.39 is 11.2 Å². The molecule has 1 aliphatic carbocycles.